The lowest BCUT2D eigenvalue weighted by molar-refractivity contribution is 0.185. The van der Waals surface area contributed by atoms with Gasteiger partial charge in [0.25, 0.3) is 0 Å². The maximum absolute atomic E-state index is 2.51. The molecule has 0 spiro atoms. The third-order valence-corrected chi connectivity index (χ3v) is 3.83. The monoisotopic (exact) mass is 199 g/mol. The Labute approximate surface area is 90.9 Å². The number of rotatable bonds is 7. The molecule has 0 rings (SSSR count). The van der Waals surface area contributed by atoms with Crippen molar-refractivity contribution in [2.75, 3.05) is 13.6 Å². The molecule has 0 radical (unpaired) electrons. The van der Waals surface area contributed by atoms with E-state index in [1.165, 1.54) is 25.8 Å². The molecule has 3 atom stereocenters. The van der Waals surface area contributed by atoms with Gasteiger partial charge in [0.1, 0.15) is 0 Å². The van der Waals surface area contributed by atoms with Crippen molar-refractivity contribution in [3.63, 3.8) is 0 Å². The summed E-state index contributed by atoms with van der Waals surface area (Å²) in [6.07, 6.45) is 3.94. The molecule has 0 bridgehead atoms. The first-order chi connectivity index (χ1) is 6.52. The number of nitrogens with zero attached hydrogens (tertiary/aromatic N) is 1. The molecule has 0 aliphatic rings. The summed E-state index contributed by atoms with van der Waals surface area (Å²) in [5, 5.41) is 0. The van der Waals surface area contributed by atoms with Crippen molar-refractivity contribution in [3.8, 4) is 0 Å². The Hall–Kier alpha value is -0.0400. The molecule has 0 N–H and O–H groups in total. The van der Waals surface area contributed by atoms with Gasteiger partial charge in [0.2, 0.25) is 0 Å². The minimum Gasteiger partial charge on any atom is -0.303 e. The lowest BCUT2D eigenvalue weighted by Gasteiger charge is -2.30. The Morgan fingerprint density at radius 1 is 1.00 bits per heavy atom. The van der Waals surface area contributed by atoms with Crippen LogP contribution in [0.15, 0.2) is 0 Å². The molecule has 0 aromatic rings. The van der Waals surface area contributed by atoms with Gasteiger partial charge >= 0.3 is 0 Å². The summed E-state index contributed by atoms with van der Waals surface area (Å²) in [4.78, 5) is 2.51. The second-order valence-electron chi connectivity index (χ2n) is 4.91. The molecular formula is C13H29N. The smallest absolute Gasteiger partial charge is 0.00894 e. The quantitative estimate of drug-likeness (QED) is 0.603. The van der Waals surface area contributed by atoms with Crippen molar-refractivity contribution in [1.82, 2.24) is 4.90 Å². The van der Waals surface area contributed by atoms with Gasteiger partial charge in [-0.15, -0.1) is 0 Å². The SMILES string of the molecule is CCC(C)CCN(C)C(C)C(C)CC. The Morgan fingerprint density at radius 2 is 1.57 bits per heavy atom. The van der Waals surface area contributed by atoms with Gasteiger partial charge in [-0.05, 0) is 38.8 Å². The first-order valence-corrected chi connectivity index (χ1v) is 6.23. The van der Waals surface area contributed by atoms with Gasteiger partial charge in [-0.25, -0.2) is 0 Å². The lowest BCUT2D eigenvalue weighted by Crippen LogP contribution is -2.35. The van der Waals surface area contributed by atoms with Crippen LogP contribution in [0.1, 0.15) is 53.9 Å². The average molecular weight is 199 g/mol. The highest BCUT2D eigenvalue weighted by Gasteiger charge is 2.15. The van der Waals surface area contributed by atoms with Crippen LogP contribution in [-0.2, 0) is 0 Å². The van der Waals surface area contributed by atoms with E-state index in [4.69, 9.17) is 0 Å². The summed E-state index contributed by atoms with van der Waals surface area (Å²) < 4.78 is 0. The standard InChI is InChI=1S/C13H29N/c1-7-11(3)9-10-14(6)13(5)12(4)8-2/h11-13H,7-10H2,1-6H3. The third kappa shape index (κ3) is 4.99. The van der Waals surface area contributed by atoms with E-state index >= 15 is 0 Å². The van der Waals surface area contributed by atoms with E-state index in [0.717, 1.165) is 17.9 Å². The zero-order valence-corrected chi connectivity index (χ0v) is 11.0. The van der Waals surface area contributed by atoms with E-state index in [2.05, 4.69) is 46.6 Å². The molecule has 0 saturated heterocycles. The molecule has 0 heterocycles. The minimum absolute atomic E-state index is 0.726. The van der Waals surface area contributed by atoms with Crippen molar-refractivity contribution >= 4 is 0 Å². The molecule has 0 fully saturated rings. The normalized spacial score (nSPS) is 18.2. The molecule has 1 nitrogen and oxygen atoms in total. The van der Waals surface area contributed by atoms with Gasteiger partial charge in [0.15, 0.2) is 0 Å². The first-order valence-electron chi connectivity index (χ1n) is 6.23. The molecule has 0 amide bonds. The predicted molar refractivity (Wildman–Crippen MR) is 65.6 cm³/mol. The van der Waals surface area contributed by atoms with E-state index in [1.807, 2.05) is 0 Å². The zero-order valence-electron chi connectivity index (χ0n) is 11.0. The fourth-order valence-corrected chi connectivity index (χ4v) is 1.61. The zero-order chi connectivity index (χ0) is 11.1. The van der Waals surface area contributed by atoms with Crippen LogP contribution in [0.3, 0.4) is 0 Å². The number of hydrogen-bond acceptors (Lipinski definition) is 1. The lowest BCUT2D eigenvalue weighted by atomic mass is 9.98. The highest BCUT2D eigenvalue weighted by molar-refractivity contribution is 4.69. The molecule has 0 aliphatic carbocycles. The van der Waals surface area contributed by atoms with Crippen molar-refractivity contribution in [2.24, 2.45) is 11.8 Å². The molecule has 14 heavy (non-hydrogen) atoms. The van der Waals surface area contributed by atoms with Crippen LogP contribution in [0.4, 0.5) is 0 Å². The van der Waals surface area contributed by atoms with Crippen LogP contribution in [0.25, 0.3) is 0 Å². The van der Waals surface area contributed by atoms with Crippen LogP contribution in [0.2, 0.25) is 0 Å². The molecule has 0 saturated carbocycles. The largest absolute Gasteiger partial charge is 0.303 e. The molecule has 86 valence electrons. The molecule has 3 unspecified atom stereocenters. The summed E-state index contributed by atoms with van der Waals surface area (Å²) in [5.74, 6) is 1.69. The Bertz CT molecular complexity index is 133. The molecule has 0 aromatic carbocycles. The topological polar surface area (TPSA) is 3.24 Å². The minimum atomic E-state index is 0.726. The van der Waals surface area contributed by atoms with Crippen LogP contribution in [0.5, 0.6) is 0 Å². The summed E-state index contributed by atoms with van der Waals surface area (Å²) in [7, 11) is 2.26. The van der Waals surface area contributed by atoms with Crippen molar-refractivity contribution in [3.05, 3.63) is 0 Å². The summed E-state index contributed by atoms with van der Waals surface area (Å²) in [5.41, 5.74) is 0. The van der Waals surface area contributed by atoms with Gasteiger partial charge < -0.3 is 4.90 Å². The van der Waals surface area contributed by atoms with E-state index in [0.29, 0.717) is 0 Å². The molecular weight excluding hydrogens is 170 g/mol. The molecule has 0 aromatic heterocycles. The maximum Gasteiger partial charge on any atom is 0.00894 e. The summed E-state index contributed by atoms with van der Waals surface area (Å²) >= 11 is 0. The highest BCUT2D eigenvalue weighted by Crippen LogP contribution is 2.14. The van der Waals surface area contributed by atoms with Gasteiger partial charge in [-0.3, -0.25) is 0 Å². The fraction of sp³-hybridized carbons (Fsp3) is 1.00. The van der Waals surface area contributed by atoms with Crippen LogP contribution < -0.4 is 0 Å². The van der Waals surface area contributed by atoms with E-state index in [-0.39, 0.29) is 0 Å². The highest BCUT2D eigenvalue weighted by atomic mass is 15.1. The Morgan fingerprint density at radius 3 is 2.00 bits per heavy atom. The average Bonchev–Trinajstić information content (AvgIpc) is 2.22. The van der Waals surface area contributed by atoms with Gasteiger partial charge in [0.05, 0.1) is 0 Å². The Balaban J connectivity index is 3.77. The molecule has 1 heteroatoms. The summed E-state index contributed by atoms with van der Waals surface area (Å²) in [6, 6.07) is 0.726. The summed E-state index contributed by atoms with van der Waals surface area (Å²) in [6.45, 7) is 12.9. The van der Waals surface area contributed by atoms with Crippen LogP contribution in [0, 0.1) is 11.8 Å². The van der Waals surface area contributed by atoms with Crippen LogP contribution >= 0.6 is 0 Å². The third-order valence-electron chi connectivity index (χ3n) is 3.83. The first kappa shape index (κ1) is 14.0. The van der Waals surface area contributed by atoms with E-state index < -0.39 is 0 Å². The van der Waals surface area contributed by atoms with Crippen LogP contribution in [-0.4, -0.2) is 24.5 Å². The van der Waals surface area contributed by atoms with Crippen molar-refractivity contribution in [2.45, 2.75) is 59.9 Å². The second kappa shape index (κ2) is 7.28. The van der Waals surface area contributed by atoms with Crippen molar-refractivity contribution in [1.29, 1.82) is 0 Å². The van der Waals surface area contributed by atoms with E-state index in [1.54, 1.807) is 0 Å². The van der Waals surface area contributed by atoms with Gasteiger partial charge in [-0.2, -0.15) is 0 Å². The second-order valence-corrected chi connectivity index (χ2v) is 4.91. The Kier molecular flexibility index (Phi) is 7.26. The van der Waals surface area contributed by atoms with E-state index in [9.17, 15) is 0 Å². The molecule has 0 aliphatic heterocycles. The van der Waals surface area contributed by atoms with Gasteiger partial charge in [0, 0.05) is 6.04 Å². The predicted octanol–water partition coefficient (Wildman–Crippen LogP) is 3.79. The number of hydrogen-bond donors (Lipinski definition) is 0. The fourth-order valence-electron chi connectivity index (χ4n) is 1.61. The van der Waals surface area contributed by atoms with Crippen molar-refractivity contribution < 1.29 is 0 Å². The van der Waals surface area contributed by atoms with Gasteiger partial charge in [-0.1, -0.05) is 40.5 Å². The maximum atomic E-state index is 2.51.